The normalized spacial score (nSPS) is 32.4. The highest BCUT2D eigenvalue weighted by Gasteiger charge is 2.62. The van der Waals surface area contributed by atoms with Crippen molar-refractivity contribution in [3.8, 4) is 0 Å². The smallest absolute Gasteiger partial charge is 0.317 e. The average Bonchev–Trinajstić information content (AvgIpc) is 2.62. The largest absolute Gasteiger partial charge is 0.462 e. The molecule has 0 atom stereocenters. The molecule has 15 heavy (non-hydrogen) atoms. The van der Waals surface area contributed by atoms with Crippen LogP contribution in [-0.2, 0) is 14.9 Å². The van der Waals surface area contributed by atoms with E-state index in [1.54, 1.807) is 12.1 Å². The van der Waals surface area contributed by atoms with E-state index in [-0.39, 0.29) is 17.1 Å². The zero-order valence-corrected chi connectivity index (χ0v) is 8.55. The van der Waals surface area contributed by atoms with E-state index in [9.17, 15) is 9.18 Å². The minimum Gasteiger partial charge on any atom is -0.462 e. The minimum atomic E-state index is -0.750. The molecule has 0 radical (unpaired) electrons. The summed E-state index contributed by atoms with van der Waals surface area (Å²) in [7, 11) is 0. The minimum absolute atomic E-state index is 0.0177. The average molecular weight is 227 g/mol. The third-order valence-corrected chi connectivity index (χ3v) is 3.58. The van der Waals surface area contributed by atoms with Gasteiger partial charge in [0.1, 0.15) is 17.3 Å². The number of hydrogen-bond acceptors (Lipinski definition) is 2. The van der Waals surface area contributed by atoms with Gasteiger partial charge in [-0.2, -0.15) is 0 Å². The number of hydrogen-bond donors (Lipinski definition) is 0. The lowest BCUT2D eigenvalue weighted by atomic mass is 9.65. The highest BCUT2D eigenvalue weighted by molar-refractivity contribution is 6.30. The summed E-state index contributed by atoms with van der Waals surface area (Å²) in [5, 5.41) is 0.0602. The molecule has 3 fully saturated rings. The lowest BCUT2D eigenvalue weighted by molar-refractivity contribution is -0.139. The molecule has 2 bridgehead atoms. The zero-order chi connectivity index (χ0) is 10.6. The number of ether oxygens (including phenoxy) is 1. The first-order valence-corrected chi connectivity index (χ1v) is 5.17. The first-order chi connectivity index (χ1) is 7.13. The van der Waals surface area contributed by atoms with Crippen LogP contribution in [0, 0.1) is 5.82 Å². The van der Waals surface area contributed by atoms with Crippen LogP contribution in [-0.4, -0.2) is 12.1 Å². The molecule has 2 aliphatic heterocycles. The molecule has 1 aromatic rings. The summed E-state index contributed by atoms with van der Waals surface area (Å²) in [6.07, 6.45) is 1.16. The Morgan fingerprint density at radius 3 is 2.80 bits per heavy atom. The van der Waals surface area contributed by atoms with Gasteiger partial charge in [0, 0.05) is 18.4 Å². The molecule has 2 heterocycles. The highest BCUT2D eigenvalue weighted by atomic mass is 35.5. The van der Waals surface area contributed by atoms with Gasteiger partial charge >= 0.3 is 5.97 Å². The maximum absolute atomic E-state index is 13.8. The summed E-state index contributed by atoms with van der Waals surface area (Å²) in [5.41, 5.74) is -0.367. The molecule has 1 saturated carbocycles. The van der Waals surface area contributed by atoms with Gasteiger partial charge in [-0.25, -0.2) is 4.39 Å². The topological polar surface area (TPSA) is 26.3 Å². The fourth-order valence-corrected chi connectivity index (χ4v) is 2.61. The Bertz CT molecular complexity index is 452. The Labute approximate surface area is 91.0 Å². The van der Waals surface area contributed by atoms with Gasteiger partial charge in [0.25, 0.3) is 0 Å². The molecule has 0 aromatic heterocycles. The second-order valence-corrected chi connectivity index (χ2v) is 4.53. The number of halogens is 2. The van der Waals surface area contributed by atoms with Gasteiger partial charge in [0.05, 0.1) is 5.02 Å². The Kier molecular flexibility index (Phi) is 1.67. The molecule has 1 aromatic carbocycles. The second-order valence-electron chi connectivity index (χ2n) is 4.12. The van der Waals surface area contributed by atoms with Crippen LogP contribution in [0.3, 0.4) is 0 Å². The standard InChI is InChI=1S/C11H8ClFO2/c12-8-3-1-2-7(9(8)13)11-4-6(5-11)15-10(11)14/h1-3,6H,4-5H2. The van der Waals surface area contributed by atoms with Crippen LogP contribution in [0.25, 0.3) is 0 Å². The maximum Gasteiger partial charge on any atom is 0.317 e. The van der Waals surface area contributed by atoms with Crippen molar-refractivity contribution >= 4 is 17.6 Å². The van der Waals surface area contributed by atoms with Gasteiger partial charge in [0.2, 0.25) is 0 Å². The van der Waals surface area contributed by atoms with Crippen molar-refractivity contribution < 1.29 is 13.9 Å². The molecule has 0 spiro atoms. The number of benzene rings is 1. The first-order valence-electron chi connectivity index (χ1n) is 4.79. The van der Waals surface area contributed by atoms with E-state index < -0.39 is 11.2 Å². The predicted octanol–water partition coefficient (Wildman–Crippen LogP) is 2.44. The summed E-state index contributed by atoms with van der Waals surface area (Å²) in [4.78, 5) is 11.6. The monoisotopic (exact) mass is 226 g/mol. The van der Waals surface area contributed by atoms with E-state index in [1.165, 1.54) is 6.07 Å². The molecular weight excluding hydrogens is 219 g/mol. The fraction of sp³-hybridized carbons (Fsp3) is 0.364. The van der Waals surface area contributed by atoms with E-state index in [1.807, 2.05) is 0 Å². The van der Waals surface area contributed by atoms with Crippen LogP contribution in [0.4, 0.5) is 4.39 Å². The van der Waals surface area contributed by atoms with E-state index in [0.29, 0.717) is 18.4 Å². The second kappa shape index (κ2) is 2.73. The first kappa shape index (κ1) is 9.16. The summed E-state index contributed by atoms with van der Waals surface area (Å²) < 4.78 is 18.8. The van der Waals surface area contributed by atoms with Gasteiger partial charge in [-0.15, -0.1) is 0 Å². The van der Waals surface area contributed by atoms with Gasteiger partial charge in [-0.05, 0) is 6.07 Å². The number of carbonyl (C=O) groups is 1. The van der Waals surface area contributed by atoms with Crippen molar-refractivity contribution in [1.82, 2.24) is 0 Å². The zero-order valence-electron chi connectivity index (χ0n) is 7.80. The molecule has 2 nitrogen and oxygen atoms in total. The molecule has 0 amide bonds. The molecule has 4 heteroatoms. The van der Waals surface area contributed by atoms with Crippen LogP contribution < -0.4 is 0 Å². The van der Waals surface area contributed by atoms with Crippen LogP contribution in [0.1, 0.15) is 18.4 Å². The van der Waals surface area contributed by atoms with Crippen LogP contribution in [0.2, 0.25) is 5.02 Å². The predicted molar refractivity (Wildman–Crippen MR) is 52.2 cm³/mol. The Morgan fingerprint density at radius 2 is 2.20 bits per heavy atom. The van der Waals surface area contributed by atoms with Crippen LogP contribution >= 0.6 is 11.6 Å². The quantitative estimate of drug-likeness (QED) is 0.688. The van der Waals surface area contributed by atoms with Gasteiger partial charge in [-0.3, -0.25) is 4.79 Å². The van der Waals surface area contributed by atoms with E-state index in [0.717, 1.165) is 0 Å². The Morgan fingerprint density at radius 1 is 1.47 bits per heavy atom. The van der Waals surface area contributed by atoms with Crippen LogP contribution in [0.5, 0.6) is 0 Å². The van der Waals surface area contributed by atoms with Crippen molar-refractivity contribution in [1.29, 1.82) is 0 Å². The third-order valence-electron chi connectivity index (χ3n) is 3.28. The molecule has 1 aliphatic carbocycles. The Balaban J connectivity index is 2.14. The molecular formula is C11H8ClFO2. The third kappa shape index (κ3) is 1.01. The van der Waals surface area contributed by atoms with Gasteiger partial charge in [-0.1, -0.05) is 23.7 Å². The van der Waals surface area contributed by atoms with Crippen LogP contribution in [0.15, 0.2) is 18.2 Å². The van der Waals surface area contributed by atoms with Crippen molar-refractivity contribution in [2.45, 2.75) is 24.4 Å². The Hall–Kier alpha value is -1.09. The highest BCUT2D eigenvalue weighted by Crippen LogP contribution is 2.53. The SMILES string of the molecule is O=C1OC2CC1(c1cccc(Cl)c1F)C2. The molecule has 78 valence electrons. The lowest BCUT2D eigenvalue weighted by Crippen LogP contribution is -2.40. The van der Waals surface area contributed by atoms with E-state index in [2.05, 4.69) is 0 Å². The van der Waals surface area contributed by atoms with Crippen molar-refractivity contribution in [3.63, 3.8) is 0 Å². The van der Waals surface area contributed by atoms with Crippen molar-refractivity contribution in [2.24, 2.45) is 0 Å². The van der Waals surface area contributed by atoms with Crippen molar-refractivity contribution in [3.05, 3.63) is 34.6 Å². The van der Waals surface area contributed by atoms with Crippen molar-refractivity contribution in [2.75, 3.05) is 0 Å². The van der Waals surface area contributed by atoms with E-state index in [4.69, 9.17) is 16.3 Å². The summed E-state index contributed by atoms with van der Waals surface area (Å²) in [5.74, 6) is -0.801. The maximum atomic E-state index is 13.8. The number of rotatable bonds is 1. The van der Waals surface area contributed by atoms with E-state index >= 15 is 0 Å². The molecule has 3 aliphatic rings. The number of carbonyl (C=O) groups excluding carboxylic acids is 1. The molecule has 0 N–H and O–H groups in total. The number of esters is 1. The molecule has 2 saturated heterocycles. The van der Waals surface area contributed by atoms with Gasteiger partial charge < -0.3 is 4.74 Å². The molecule has 4 rings (SSSR count). The molecule has 0 unspecified atom stereocenters. The summed E-state index contributed by atoms with van der Waals surface area (Å²) in [6.45, 7) is 0. The number of fused-ring (bicyclic) bond motifs is 1. The van der Waals surface area contributed by atoms with Gasteiger partial charge in [0.15, 0.2) is 0 Å². The summed E-state index contributed by atoms with van der Waals surface area (Å²) in [6, 6.07) is 4.76. The summed E-state index contributed by atoms with van der Waals surface area (Å²) >= 11 is 5.69. The lowest BCUT2D eigenvalue weighted by Gasteiger charge is -2.32. The fourth-order valence-electron chi connectivity index (χ4n) is 2.43.